The third kappa shape index (κ3) is 4.94. The van der Waals surface area contributed by atoms with Gasteiger partial charge in [0.2, 0.25) is 0 Å². The van der Waals surface area contributed by atoms with Gasteiger partial charge in [-0.15, -0.1) is 24.8 Å². The van der Waals surface area contributed by atoms with Crippen LogP contribution in [0.4, 0.5) is 0 Å². The van der Waals surface area contributed by atoms with Crippen LogP contribution in [0.2, 0.25) is 0 Å². The lowest BCUT2D eigenvalue weighted by molar-refractivity contribution is 0.0680. The molecule has 0 aliphatic carbocycles. The van der Waals surface area contributed by atoms with E-state index in [1.54, 1.807) is 11.3 Å². The zero-order valence-electron chi connectivity index (χ0n) is 14.5. The second kappa shape index (κ2) is 9.53. The maximum atomic E-state index is 12.8. The number of nitrogens with zero attached hydrogens (tertiary/aromatic N) is 2. The van der Waals surface area contributed by atoms with Gasteiger partial charge in [-0.1, -0.05) is 0 Å². The molecule has 1 saturated heterocycles. The first-order chi connectivity index (χ1) is 11.1. The van der Waals surface area contributed by atoms with Crippen LogP contribution < -0.4 is 5.73 Å². The molecular weight excluding hydrogens is 377 g/mol. The molecule has 25 heavy (non-hydrogen) atoms. The van der Waals surface area contributed by atoms with Crippen LogP contribution in [0.3, 0.4) is 0 Å². The first-order valence-corrected chi connectivity index (χ1v) is 9.05. The second-order valence-electron chi connectivity index (χ2n) is 6.33. The summed E-state index contributed by atoms with van der Waals surface area (Å²) in [6.45, 7) is 5.55. The number of aryl methyl sites for hydroxylation is 1. The van der Waals surface area contributed by atoms with E-state index in [1.165, 1.54) is 0 Å². The summed E-state index contributed by atoms with van der Waals surface area (Å²) in [4.78, 5) is 19.3. The maximum Gasteiger partial charge on any atom is 0.255 e. The second-order valence-corrected chi connectivity index (χ2v) is 7.11. The average Bonchev–Trinajstić information content (AvgIpc) is 3.08. The third-order valence-electron chi connectivity index (χ3n) is 4.70. The van der Waals surface area contributed by atoms with Gasteiger partial charge in [0, 0.05) is 30.1 Å². The van der Waals surface area contributed by atoms with Crippen molar-refractivity contribution in [3.05, 3.63) is 40.2 Å². The van der Waals surface area contributed by atoms with Gasteiger partial charge in [0.25, 0.3) is 5.91 Å². The summed E-state index contributed by atoms with van der Waals surface area (Å²) in [5.74, 6) is 0.620. The zero-order chi connectivity index (χ0) is 16.4. The Kier molecular flexibility index (Phi) is 8.35. The number of carbonyl (C=O) groups excluding carboxylic acids is 1. The van der Waals surface area contributed by atoms with Gasteiger partial charge >= 0.3 is 0 Å². The zero-order valence-corrected chi connectivity index (χ0v) is 16.9. The van der Waals surface area contributed by atoms with Crippen LogP contribution in [0.1, 0.15) is 35.8 Å². The van der Waals surface area contributed by atoms with Gasteiger partial charge in [0.05, 0.1) is 17.0 Å². The quantitative estimate of drug-likeness (QED) is 0.839. The minimum absolute atomic E-state index is 0. The fourth-order valence-corrected chi connectivity index (χ4v) is 3.81. The highest BCUT2D eigenvalue weighted by Gasteiger charge is 2.26. The van der Waals surface area contributed by atoms with Crippen LogP contribution in [0.15, 0.2) is 29.0 Å². The van der Waals surface area contributed by atoms with E-state index in [1.807, 2.05) is 35.4 Å². The molecule has 0 radical (unpaired) electrons. The van der Waals surface area contributed by atoms with Gasteiger partial charge in [0.1, 0.15) is 0 Å². The number of likely N-dealkylation sites (tertiary alicyclic amines) is 1. The lowest BCUT2D eigenvalue weighted by Gasteiger charge is -2.34. The normalized spacial score (nSPS) is 15.9. The minimum Gasteiger partial charge on any atom is -0.339 e. The molecule has 1 fully saturated rings. The van der Waals surface area contributed by atoms with Crippen LogP contribution in [0.5, 0.6) is 0 Å². The smallest absolute Gasteiger partial charge is 0.255 e. The Morgan fingerprint density at radius 3 is 2.48 bits per heavy atom. The van der Waals surface area contributed by atoms with Gasteiger partial charge in [-0.2, -0.15) is 11.3 Å². The first-order valence-electron chi connectivity index (χ1n) is 8.11. The van der Waals surface area contributed by atoms with Gasteiger partial charge in [-0.25, -0.2) is 0 Å². The van der Waals surface area contributed by atoms with E-state index in [0.29, 0.717) is 11.5 Å². The number of hydrogen-bond donors (Lipinski definition) is 1. The van der Waals surface area contributed by atoms with Crippen molar-refractivity contribution >= 4 is 42.1 Å². The monoisotopic (exact) mass is 401 g/mol. The summed E-state index contributed by atoms with van der Waals surface area (Å²) in [5, 5.41) is 4.11. The van der Waals surface area contributed by atoms with Crippen molar-refractivity contribution in [2.45, 2.75) is 32.7 Å². The summed E-state index contributed by atoms with van der Waals surface area (Å²) in [6.07, 6.45) is 1.98. The molecule has 0 aromatic carbocycles. The van der Waals surface area contributed by atoms with Crippen LogP contribution >= 0.6 is 36.2 Å². The topological polar surface area (TPSA) is 59.2 Å². The first kappa shape index (κ1) is 21.9. The molecule has 0 saturated carbocycles. The van der Waals surface area contributed by atoms with Crippen LogP contribution in [0.25, 0.3) is 11.3 Å². The van der Waals surface area contributed by atoms with Crippen molar-refractivity contribution in [1.29, 1.82) is 0 Å². The molecule has 1 atom stereocenters. The SMILES string of the molecule is Cc1nc(-c2ccsc2)ccc1C(=O)N1CCC(C(C)N)CC1.Cl.Cl. The Bertz CT molecular complexity index is 684. The molecule has 0 bridgehead atoms. The van der Waals surface area contributed by atoms with E-state index in [-0.39, 0.29) is 36.8 Å². The largest absolute Gasteiger partial charge is 0.339 e. The molecule has 2 N–H and O–H groups in total. The van der Waals surface area contributed by atoms with E-state index in [9.17, 15) is 4.79 Å². The summed E-state index contributed by atoms with van der Waals surface area (Å²) < 4.78 is 0. The maximum absolute atomic E-state index is 12.8. The fraction of sp³-hybridized carbons (Fsp3) is 0.444. The molecule has 1 aliphatic rings. The van der Waals surface area contributed by atoms with Crippen molar-refractivity contribution in [1.82, 2.24) is 9.88 Å². The number of halogens is 2. The van der Waals surface area contributed by atoms with Crippen molar-refractivity contribution in [2.24, 2.45) is 11.7 Å². The number of amides is 1. The predicted octanol–water partition coefficient (Wildman–Crippen LogP) is 4.16. The standard InChI is InChI=1S/C18H23N3OS.2ClH/c1-12(19)14-5-8-21(9-6-14)18(22)16-3-4-17(20-13(16)2)15-7-10-23-11-15;;/h3-4,7,10-12,14H,5-6,8-9,19H2,1-2H3;2*1H. The van der Waals surface area contributed by atoms with Gasteiger partial charge in [-0.05, 0) is 56.2 Å². The molecule has 0 spiro atoms. The molecule has 3 rings (SSSR count). The molecule has 138 valence electrons. The molecular formula is C18H25Cl2N3OS. The van der Waals surface area contributed by atoms with Crippen molar-refractivity contribution < 1.29 is 4.79 Å². The third-order valence-corrected chi connectivity index (χ3v) is 5.39. The molecule has 2 aromatic heterocycles. The van der Waals surface area contributed by atoms with Gasteiger partial charge in [0.15, 0.2) is 0 Å². The van der Waals surface area contributed by atoms with Crippen molar-refractivity contribution in [3.63, 3.8) is 0 Å². The Balaban J connectivity index is 0.00000156. The Hall–Kier alpha value is -1.14. The van der Waals surface area contributed by atoms with Crippen LogP contribution in [-0.2, 0) is 0 Å². The van der Waals surface area contributed by atoms with E-state index in [0.717, 1.165) is 42.9 Å². The number of rotatable bonds is 3. The Morgan fingerprint density at radius 1 is 1.28 bits per heavy atom. The molecule has 4 nitrogen and oxygen atoms in total. The number of hydrogen-bond acceptors (Lipinski definition) is 4. The minimum atomic E-state index is 0. The van der Waals surface area contributed by atoms with Crippen molar-refractivity contribution in [3.8, 4) is 11.3 Å². The predicted molar refractivity (Wildman–Crippen MR) is 109 cm³/mol. The van der Waals surface area contributed by atoms with E-state index in [2.05, 4.69) is 17.3 Å². The molecule has 1 aliphatic heterocycles. The van der Waals surface area contributed by atoms with E-state index in [4.69, 9.17) is 5.73 Å². The van der Waals surface area contributed by atoms with Crippen LogP contribution in [-0.4, -0.2) is 34.9 Å². The highest BCUT2D eigenvalue weighted by atomic mass is 35.5. The summed E-state index contributed by atoms with van der Waals surface area (Å²) in [5.41, 5.74) is 9.52. The number of carbonyl (C=O) groups is 1. The highest BCUT2D eigenvalue weighted by molar-refractivity contribution is 7.08. The fourth-order valence-electron chi connectivity index (χ4n) is 3.16. The molecule has 7 heteroatoms. The average molecular weight is 402 g/mol. The Labute approximate surface area is 165 Å². The van der Waals surface area contributed by atoms with Gasteiger partial charge < -0.3 is 10.6 Å². The molecule has 3 heterocycles. The van der Waals surface area contributed by atoms with E-state index < -0.39 is 0 Å². The number of pyridine rings is 1. The molecule has 1 amide bonds. The van der Waals surface area contributed by atoms with Gasteiger partial charge in [-0.3, -0.25) is 9.78 Å². The lowest BCUT2D eigenvalue weighted by Crippen LogP contribution is -2.42. The Morgan fingerprint density at radius 2 is 1.96 bits per heavy atom. The summed E-state index contributed by atoms with van der Waals surface area (Å²) >= 11 is 1.65. The number of thiophene rings is 1. The summed E-state index contributed by atoms with van der Waals surface area (Å²) in [6, 6.07) is 6.11. The summed E-state index contributed by atoms with van der Waals surface area (Å²) in [7, 11) is 0. The number of aromatic nitrogens is 1. The lowest BCUT2D eigenvalue weighted by atomic mass is 9.90. The number of nitrogens with two attached hydrogens (primary N) is 1. The van der Waals surface area contributed by atoms with E-state index >= 15 is 0 Å². The van der Waals surface area contributed by atoms with Crippen molar-refractivity contribution in [2.75, 3.05) is 13.1 Å². The molecule has 2 aromatic rings. The highest BCUT2D eigenvalue weighted by Crippen LogP contribution is 2.24. The number of piperidine rings is 1. The molecule has 1 unspecified atom stereocenters. The van der Waals surface area contributed by atoms with Crippen LogP contribution in [0, 0.1) is 12.8 Å².